The Bertz CT molecular complexity index is 3180. The van der Waals surface area contributed by atoms with Gasteiger partial charge in [0.1, 0.15) is 103 Å². The maximum absolute atomic E-state index is 14.1. The molecule has 19 N–H and O–H groups in total. The van der Waals surface area contributed by atoms with E-state index < -0.39 is 218 Å². The molecular weight excluding hydrogens is 1410 g/mol. The Morgan fingerprint density at radius 2 is 1.19 bits per heavy atom. The standard InChI is InChI=1S/C60H92N16O25S2/c1-28-50(88)73-34(13-6-8-18-63-51(89)32(61)27-102-103-56-37(76(96)97)14-9-19-64-56)53(91)71-31(4)58(95)75-21-11-16-36(75)55(93)66-23-42(81)72-33(52(90)69-29(2)49(87)70-30(3)57(94)74-20-10-15-35(74)54(92)65-22-41(80)68-28)12-5-7-17-62-40(79)24-67-101-60-47(86)45(84)48(39(26-78)99-60)100-59-46(85)44(83)43(82)38(25-77)98-59/h9,14,19,24,28-36,38-39,43-48,59-60,77-78,82-86H,5-8,10-13,15-18,20-23,25-27,61H2,1-4H3,(H,62,79)(H,63,89)(H,65,92)(H,66,93)(H,68,80)(H,69,90)(H,70,87)(H,71,91)(H,72,81)(H,73,88)/b67-24+/t28-,29-,30-,31-,32-,33-,34-,35-,36-,38+,39+,43-,44-,45+,46+,47+,48+,59-,60-/m0/s1. The Morgan fingerprint density at radius 1 is 0.680 bits per heavy atom. The predicted octanol–water partition coefficient (Wildman–Crippen LogP) is -8.53. The van der Waals surface area contributed by atoms with Crippen LogP contribution in [0.15, 0.2) is 28.5 Å². The summed E-state index contributed by atoms with van der Waals surface area (Å²) in [4.78, 5) is 185. The van der Waals surface area contributed by atoms with E-state index in [2.05, 4.69) is 63.3 Å². The minimum absolute atomic E-state index is 0.0518. The number of carbonyl (C=O) groups excluding carboxylic acids is 12. The van der Waals surface area contributed by atoms with Crippen LogP contribution >= 0.6 is 21.6 Å². The van der Waals surface area contributed by atoms with Crippen molar-refractivity contribution in [3.8, 4) is 0 Å². The van der Waals surface area contributed by atoms with Crippen LogP contribution in [-0.2, 0) is 76.6 Å². The van der Waals surface area contributed by atoms with Crippen LogP contribution in [0.5, 0.6) is 0 Å². The first kappa shape index (κ1) is 83.9. The number of aliphatic hydroxyl groups excluding tert-OH is 7. The van der Waals surface area contributed by atoms with Crippen LogP contribution < -0.4 is 58.9 Å². The van der Waals surface area contributed by atoms with Gasteiger partial charge in [0, 0.05) is 44.2 Å². The van der Waals surface area contributed by atoms with Gasteiger partial charge in [0.2, 0.25) is 65.0 Å². The molecule has 6 rings (SSSR count). The predicted molar refractivity (Wildman–Crippen MR) is 357 cm³/mol. The van der Waals surface area contributed by atoms with Crippen LogP contribution in [0.25, 0.3) is 0 Å². The van der Waals surface area contributed by atoms with Crippen LogP contribution in [0, 0.1) is 10.1 Å². The van der Waals surface area contributed by atoms with Gasteiger partial charge >= 0.3 is 5.69 Å². The fourth-order valence-electron chi connectivity index (χ4n) is 11.4. The molecule has 0 aromatic carbocycles. The lowest BCUT2D eigenvalue weighted by molar-refractivity contribution is -0.388. The van der Waals surface area contributed by atoms with Gasteiger partial charge in [-0.3, -0.25) is 67.6 Å². The van der Waals surface area contributed by atoms with E-state index in [0.29, 0.717) is 19.1 Å². The average molecular weight is 1500 g/mol. The molecule has 574 valence electrons. The van der Waals surface area contributed by atoms with E-state index in [-0.39, 0.29) is 94.0 Å². The van der Waals surface area contributed by atoms with Gasteiger partial charge in [-0.15, -0.1) is 0 Å². The molecule has 6 heterocycles. The Balaban J connectivity index is 1.07. The molecule has 1 aromatic heterocycles. The summed E-state index contributed by atoms with van der Waals surface area (Å²) in [6, 6.07) is -8.58. The molecule has 5 aliphatic heterocycles. The normalized spacial score (nSPS) is 31.1. The largest absolute Gasteiger partial charge is 0.394 e. The molecule has 5 fully saturated rings. The number of nitrogens with one attached hydrogen (secondary N) is 10. The third-order valence-corrected chi connectivity index (χ3v) is 19.5. The molecule has 5 saturated heterocycles. The van der Waals surface area contributed by atoms with Crippen molar-refractivity contribution in [2.75, 3.05) is 58.2 Å². The maximum Gasteiger partial charge on any atom is 0.302 e. The number of nitrogens with two attached hydrogens (primary N) is 1. The van der Waals surface area contributed by atoms with E-state index in [9.17, 15) is 103 Å². The first-order valence-corrected chi connectivity index (χ1v) is 35.7. The molecule has 0 aliphatic carbocycles. The van der Waals surface area contributed by atoms with E-state index in [1.165, 1.54) is 55.8 Å². The van der Waals surface area contributed by atoms with Crippen molar-refractivity contribution in [1.29, 1.82) is 0 Å². The second-order valence-corrected chi connectivity index (χ2v) is 27.3. The highest BCUT2D eigenvalue weighted by atomic mass is 33.1. The topological polar surface area (TPSA) is 605 Å². The molecule has 103 heavy (non-hydrogen) atoms. The highest BCUT2D eigenvalue weighted by Gasteiger charge is 2.52. The first-order valence-electron chi connectivity index (χ1n) is 33.4. The lowest BCUT2D eigenvalue weighted by Crippen LogP contribution is -2.64. The maximum atomic E-state index is 14.1. The summed E-state index contributed by atoms with van der Waals surface area (Å²) in [5.41, 5.74) is 5.86. The van der Waals surface area contributed by atoms with Gasteiger partial charge in [0.15, 0.2) is 11.3 Å². The summed E-state index contributed by atoms with van der Waals surface area (Å²) in [5, 5.41) is 112. The summed E-state index contributed by atoms with van der Waals surface area (Å²) in [5.74, 6) is -9.42. The van der Waals surface area contributed by atoms with Crippen molar-refractivity contribution < 1.29 is 117 Å². The fourth-order valence-corrected chi connectivity index (χ4v) is 13.6. The number of oxime groups is 1. The molecule has 12 amide bonds. The summed E-state index contributed by atoms with van der Waals surface area (Å²) >= 11 is 0. The first-order chi connectivity index (χ1) is 49.0. The van der Waals surface area contributed by atoms with Gasteiger partial charge in [-0.1, -0.05) is 15.9 Å². The number of nitrogens with zero attached hydrogens (tertiary/aromatic N) is 5. The smallest absolute Gasteiger partial charge is 0.302 e. The fraction of sp³-hybridized carbons (Fsp3) is 0.700. The minimum atomic E-state index is -1.97. The Labute approximate surface area is 597 Å². The van der Waals surface area contributed by atoms with Crippen LogP contribution in [0.2, 0.25) is 0 Å². The SMILES string of the molecule is C[C@@H]1NC(=O)CNC(=O)[C@@H]2CCCN2C(=O)[C@H](C)NC(=O)[C@H](C)NC(=O)[C@H](CCCCNC(=O)/C=N/O[C@@H]2O[C@H](CO)[C@@H](O[C@@H]3O[C@H](CO)[C@H](O)[C@H](O)[C@H]3O)[C@H](O)[C@H]2O)NC(=O)CNC(=O)[C@@H]2CCCN2C(=O)[C@H](C)NC(=O)[C@H](CCCCNC(=O)[C@@H](N)CSSc2ncccc2[N+](=O)[O-])NC1=O. The molecule has 0 spiro atoms. The van der Waals surface area contributed by atoms with Crippen LogP contribution in [0.3, 0.4) is 0 Å². The Morgan fingerprint density at radius 3 is 1.78 bits per heavy atom. The summed E-state index contributed by atoms with van der Waals surface area (Å²) in [7, 11) is 2.06. The highest BCUT2D eigenvalue weighted by molar-refractivity contribution is 8.76. The van der Waals surface area contributed by atoms with Gasteiger partial charge < -0.3 is 123 Å². The molecular formula is C60H92N16O25S2. The molecule has 0 unspecified atom stereocenters. The van der Waals surface area contributed by atoms with Gasteiger partial charge in [-0.05, 0) is 109 Å². The van der Waals surface area contributed by atoms with Crippen molar-refractivity contribution in [2.45, 2.75) is 213 Å². The second kappa shape index (κ2) is 40.8. The van der Waals surface area contributed by atoms with Crippen molar-refractivity contribution in [3.05, 3.63) is 28.4 Å². The summed E-state index contributed by atoms with van der Waals surface area (Å²) < 4.78 is 16.3. The third kappa shape index (κ3) is 24.2. The van der Waals surface area contributed by atoms with E-state index in [1.54, 1.807) is 0 Å². The molecule has 0 radical (unpaired) electrons. The van der Waals surface area contributed by atoms with E-state index >= 15 is 0 Å². The Hall–Kier alpha value is -8.08. The number of aliphatic hydroxyl groups is 7. The molecule has 5 aliphatic rings. The molecule has 1 aromatic rings. The highest BCUT2D eigenvalue weighted by Crippen LogP contribution is 2.36. The van der Waals surface area contributed by atoms with E-state index in [1.807, 2.05) is 0 Å². The number of rotatable bonds is 23. The lowest BCUT2D eigenvalue weighted by atomic mass is 9.97. The quantitative estimate of drug-likeness (QED) is 0.0159. The third-order valence-electron chi connectivity index (χ3n) is 17.2. The second-order valence-electron chi connectivity index (χ2n) is 25.0. The minimum Gasteiger partial charge on any atom is -0.394 e. The van der Waals surface area contributed by atoms with Gasteiger partial charge in [-0.2, -0.15) is 0 Å². The average Bonchev–Trinajstić information content (AvgIpc) is 1.48. The number of aromatic nitrogens is 1. The molecule has 43 heteroatoms. The zero-order valence-corrected chi connectivity index (χ0v) is 58.5. The molecule has 0 bridgehead atoms. The number of hydrogen-bond donors (Lipinski definition) is 18. The summed E-state index contributed by atoms with van der Waals surface area (Å²) in [6.45, 7) is 2.35. The number of hydrogen-bond acceptors (Lipinski definition) is 30. The van der Waals surface area contributed by atoms with Gasteiger partial charge in [-0.25, -0.2) is 4.98 Å². The number of fused-ring (bicyclic) bond motifs is 2. The number of carbonyl (C=O) groups is 12. The molecule has 19 atom stereocenters. The molecule has 0 saturated carbocycles. The van der Waals surface area contributed by atoms with Crippen molar-refractivity contribution in [1.82, 2.24) is 68.0 Å². The Kier molecular flexibility index (Phi) is 33.2. The van der Waals surface area contributed by atoms with Crippen LogP contribution in [0.1, 0.15) is 91.9 Å². The number of pyridine rings is 1. The van der Waals surface area contributed by atoms with Crippen molar-refractivity contribution in [2.24, 2.45) is 10.9 Å². The van der Waals surface area contributed by atoms with Crippen molar-refractivity contribution >= 4 is 104 Å². The van der Waals surface area contributed by atoms with E-state index in [0.717, 1.165) is 21.6 Å². The zero-order chi connectivity index (χ0) is 75.8. The number of ether oxygens (including phenoxy) is 3. The van der Waals surface area contributed by atoms with Gasteiger partial charge in [0.25, 0.3) is 12.2 Å². The monoisotopic (exact) mass is 1500 g/mol. The van der Waals surface area contributed by atoms with Crippen LogP contribution in [-0.4, -0.2) is 307 Å². The van der Waals surface area contributed by atoms with E-state index in [4.69, 9.17) is 24.8 Å². The zero-order valence-electron chi connectivity index (χ0n) is 56.8. The number of amides is 12. The summed E-state index contributed by atoms with van der Waals surface area (Å²) in [6.07, 6.45) is -14.1. The van der Waals surface area contributed by atoms with Gasteiger partial charge in [0.05, 0.1) is 37.3 Å². The van der Waals surface area contributed by atoms with Crippen molar-refractivity contribution in [3.63, 3.8) is 0 Å². The molecule has 41 nitrogen and oxygen atoms in total. The number of nitro groups is 1. The lowest BCUT2D eigenvalue weighted by Gasteiger charge is -2.45. The number of unbranched alkanes of at least 4 members (excludes halogenated alkanes) is 2. The van der Waals surface area contributed by atoms with Crippen LogP contribution in [0.4, 0.5) is 5.69 Å².